The van der Waals surface area contributed by atoms with Gasteiger partial charge >= 0.3 is 0 Å². The number of ether oxygens (including phenoxy) is 1. The van der Waals surface area contributed by atoms with E-state index in [2.05, 4.69) is 22.8 Å². The quantitative estimate of drug-likeness (QED) is 0.480. The highest BCUT2D eigenvalue weighted by Gasteiger charge is 2.41. The number of carbonyl (C=O) groups is 2. The van der Waals surface area contributed by atoms with E-state index in [1.54, 1.807) is 7.11 Å². The molecule has 0 spiro atoms. The van der Waals surface area contributed by atoms with Gasteiger partial charge in [-0.15, -0.1) is 0 Å². The molecule has 1 amide bonds. The summed E-state index contributed by atoms with van der Waals surface area (Å²) in [5, 5.41) is 6.26. The lowest BCUT2D eigenvalue weighted by atomic mass is 9.71. The number of methoxy groups -OCH3 is 1. The summed E-state index contributed by atoms with van der Waals surface area (Å²) in [5.41, 5.74) is 5.01. The van der Waals surface area contributed by atoms with Gasteiger partial charge in [0, 0.05) is 40.6 Å². The molecule has 0 saturated carbocycles. The number of allylic oxidation sites excluding steroid dienone is 3. The smallest absolute Gasteiger partial charge is 0.254 e. The molecule has 5 rings (SSSR count). The van der Waals surface area contributed by atoms with Crippen molar-refractivity contribution in [2.24, 2.45) is 0 Å². The first-order valence-electron chi connectivity index (χ1n) is 11.9. The van der Waals surface area contributed by atoms with Crippen molar-refractivity contribution in [2.75, 3.05) is 12.4 Å². The second-order valence-corrected chi connectivity index (χ2v) is 9.17. The Kier molecular flexibility index (Phi) is 6.42. The largest absolute Gasteiger partial charge is 0.497 e. The van der Waals surface area contributed by atoms with Crippen molar-refractivity contribution in [3.8, 4) is 5.75 Å². The molecule has 0 radical (unpaired) electrons. The predicted molar refractivity (Wildman–Crippen MR) is 137 cm³/mol. The van der Waals surface area contributed by atoms with Crippen LogP contribution in [0.4, 0.5) is 10.1 Å². The summed E-state index contributed by atoms with van der Waals surface area (Å²) in [5.74, 6) is -0.546. The van der Waals surface area contributed by atoms with Crippen molar-refractivity contribution >= 4 is 17.4 Å². The lowest BCUT2D eigenvalue weighted by Gasteiger charge is -2.37. The molecular formula is C30H27FN2O3. The summed E-state index contributed by atoms with van der Waals surface area (Å²) in [4.78, 5) is 27.3. The van der Waals surface area contributed by atoms with Gasteiger partial charge in [-0.05, 0) is 66.8 Å². The number of anilines is 1. The summed E-state index contributed by atoms with van der Waals surface area (Å²) in [6, 6.07) is 23.1. The normalized spacial score (nSPS) is 19.5. The molecule has 3 aromatic rings. The maximum atomic E-state index is 13.7. The van der Waals surface area contributed by atoms with Gasteiger partial charge in [0.15, 0.2) is 5.78 Å². The number of halogens is 1. The van der Waals surface area contributed by atoms with Crippen LogP contribution in [0.5, 0.6) is 5.75 Å². The van der Waals surface area contributed by atoms with Crippen LogP contribution < -0.4 is 15.4 Å². The molecule has 0 unspecified atom stereocenters. The van der Waals surface area contributed by atoms with Crippen LogP contribution >= 0.6 is 0 Å². The second-order valence-electron chi connectivity index (χ2n) is 9.17. The van der Waals surface area contributed by atoms with Crippen LogP contribution in [-0.2, 0) is 9.59 Å². The van der Waals surface area contributed by atoms with E-state index < -0.39 is 5.92 Å². The van der Waals surface area contributed by atoms with E-state index in [0.29, 0.717) is 41.1 Å². The summed E-state index contributed by atoms with van der Waals surface area (Å²) in [6.07, 6.45) is 1.05. The maximum absolute atomic E-state index is 13.7. The third kappa shape index (κ3) is 4.54. The highest BCUT2D eigenvalue weighted by atomic mass is 19.1. The lowest BCUT2D eigenvalue weighted by molar-refractivity contribution is -0.116. The second kappa shape index (κ2) is 9.82. The molecule has 6 heteroatoms. The summed E-state index contributed by atoms with van der Waals surface area (Å²) < 4.78 is 18.8. The zero-order valence-corrected chi connectivity index (χ0v) is 20.2. The number of benzene rings is 3. The van der Waals surface area contributed by atoms with E-state index in [0.717, 1.165) is 16.8 Å². The Morgan fingerprint density at radius 2 is 1.69 bits per heavy atom. The van der Waals surface area contributed by atoms with E-state index in [1.807, 2.05) is 49.4 Å². The van der Waals surface area contributed by atoms with Crippen molar-refractivity contribution in [2.45, 2.75) is 31.6 Å². The predicted octanol–water partition coefficient (Wildman–Crippen LogP) is 5.83. The number of carbonyl (C=O) groups excluding carboxylic acids is 2. The fraction of sp³-hybridized carbons (Fsp3) is 0.200. The van der Waals surface area contributed by atoms with Gasteiger partial charge in [-0.25, -0.2) is 4.39 Å². The molecule has 3 aromatic carbocycles. The van der Waals surface area contributed by atoms with Crippen LogP contribution in [0.2, 0.25) is 0 Å². The fourth-order valence-corrected chi connectivity index (χ4v) is 5.19. The molecule has 0 bridgehead atoms. The van der Waals surface area contributed by atoms with Crippen LogP contribution in [0.3, 0.4) is 0 Å². The number of Topliss-reactive ketones (excluding diaryl/α,β-unsaturated/α-hetero) is 1. The van der Waals surface area contributed by atoms with E-state index in [4.69, 9.17) is 4.74 Å². The molecule has 36 heavy (non-hydrogen) atoms. The number of ketones is 1. The maximum Gasteiger partial charge on any atom is 0.254 e. The molecule has 2 N–H and O–H groups in total. The van der Waals surface area contributed by atoms with Gasteiger partial charge in [0.1, 0.15) is 11.6 Å². The first-order chi connectivity index (χ1) is 17.4. The average molecular weight is 483 g/mol. The first kappa shape index (κ1) is 23.5. The van der Waals surface area contributed by atoms with Gasteiger partial charge < -0.3 is 15.4 Å². The summed E-state index contributed by atoms with van der Waals surface area (Å²) in [7, 11) is 1.59. The van der Waals surface area contributed by atoms with Gasteiger partial charge in [0.05, 0.1) is 7.11 Å². The molecule has 1 aliphatic heterocycles. The highest BCUT2D eigenvalue weighted by Crippen LogP contribution is 2.46. The van der Waals surface area contributed by atoms with Gasteiger partial charge in [-0.1, -0.05) is 42.5 Å². The Balaban J connectivity index is 1.57. The Bertz CT molecular complexity index is 1380. The third-order valence-corrected chi connectivity index (χ3v) is 6.87. The van der Waals surface area contributed by atoms with Crippen LogP contribution in [-0.4, -0.2) is 18.8 Å². The van der Waals surface area contributed by atoms with Crippen LogP contribution in [0.15, 0.2) is 101 Å². The average Bonchev–Trinajstić information content (AvgIpc) is 2.89. The first-order valence-corrected chi connectivity index (χ1v) is 11.9. The standard InChI is InChI=1S/C30H27FN2O3/c1-18-27(30(35)33-23-13-11-22(31)12-14-23)28(20-9-6-10-24(15-20)36-2)29-25(32-18)16-21(17-26(29)34)19-7-4-3-5-8-19/h3-15,21,28,32H,16-17H2,1-2H3,(H,33,35)/t21-,28-/m1/s1. The zero-order valence-electron chi connectivity index (χ0n) is 20.2. The number of hydrogen-bond donors (Lipinski definition) is 2. The molecule has 2 aliphatic rings. The fourth-order valence-electron chi connectivity index (χ4n) is 5.19. The Morgan fingerprint density at radius 1 is 0.972 bits per heavy atom. The molecule has 0 fully saturated rings. The number of hydrogen-bond acceptors (Lipinski definition) is 4. The summed E-state index contributed by atoms with van der Waals surface area (Å²) in [6.45, 7) is 1.85. The van der Waals surface area contributed by atoms with Crippen molar-refractivity contribution in [1.29, 1.82) is 0 Å². The van der Waals surface area contributed by atoms with E-state index >= 15 is 0 Å². The molecule has 1 heterocycles. The Hall–Kier alpha value is -4.19. The third-order valence-electron chi connectivity index (χ3n) is 6.87. The molecule has 0 saturated heterocycles. The number of rotatable bonds is 5. The Morgan fingerprint density at radius 3 is 2.42 bits per heavy atom. The Labute approximate surface area is 209 Å². The minimum absolute atomic E-state index is 0.0185. The number of nitrogens with one attached hydrogen (secondary N) is 2. The van der Waals surface area contributed by atoms with Gasteiger partial charge in [-0.3, -0.25) is 9.59 Å². The van der Waals surface area contributed by atoms with Gasteiger partial charge in [-0.2, -0.15) is 0 Å². The molecule has 0 aromatic heterocycles. The molecule has 182 valence electrons. The minimum atomic E-state index is -0.555. The van der Waals surface area contributed by atoms with Crippen LogP contribution in [0.1, 0.15) is 42.7 Å². The number of dihydropyridines is 1. The summed E-state index contributed by atoms with van der Waals surface area (Å²) >= 11 is 0. The monoisotopic (exact) mass is 482 g/mol. The zero-order chi connectivity index (χ0) is 25.2. The molecule has 1 aliphatic carbocycles. The molecule has 2 atom stereocenters. The topological polar surface area (TPSA) is 67.4 Å². The number of amides is 1. The minimum Gasteiger partial charge on any atom is -0.497 e. The van der Waals surface area contributed by atoms with Crippen LogP contribution in [0.25, 0.3) is 0 Å². The van der Waals surface area contributed by atoms with Crippen molar-refractivity contribution < 1.29 is 18.7 Å². The molecule has 5 nitrogen and oxygen atoms in total. The van der Waals surface area contributed by atoms with Crippen LogP contribution in [0, 0.1) is 5.82 Å². The van der Waals surface area contributed by atoms with Crippen molar-refractivity contribution in [3.05, 3.63) is 118 Å². The SMILES string of the molecule is COc1cccc([C@@H]2C(C(=O)Nc3ccc(F)cc3)=C(C)NC3=C2C(=O)C[C@H](c2ccccc2)C3)c1. The highest BCUT2D eigenvalue weighted by molar-refractivity contribution is 6.10. The van der Waals surface area contributed by atoms with E-state index in [1.165, 1.54) is 24.3 Å². The van der Waals surface area contributed by atoms with Gasteiger partial charge in [0.2, 0.25) is 0 Å². The lowest BCUT2D eigenvalue weighted by Crippen LogP contribution is -2.37. The molecular weight excluding hydrogens is 455 g/mol. The van der Waals surface area contributed by atoms with Crippen molar-refractivity contribution in [1.82, 2.24) is 5.32 Å². The van der Waals surface area contributed by atoms with E-state index in [9.17, 15) is 14.0 Å². The van der Waals surface area contributed by atoms with Gasteiger partial charge in [0.25, 0.3) is 5.91 Å². The van der Waals surface area contributed by atoms with Crippen molar-refractivity contribution in [3.63, 3.8) is 0 Å². The van der Waals surface area contributed by atoms with E-state index in [-0.39, 0.29) is 23.4 Å².